The summed E-state index contributed by atoms with van der Waals surface area (Å²) in [5.41, 5.74) is 5.05. The number of carbonyl (C=O) groups is 1. The van der Waals surface area contributed by atoms with Crippen LogP contribution < -0.4 is 5.73 Å². The van der Waals surface area contributed by atoms with E-state index in [1.807, 2.05) is 6.92 Å². The molecule has 0 bridgehead atoms. The van der Waals surface area contributed by atoms with Gasteiger partial charge >= 0.3 is 0 Å². The van der Waals surface area contributed by atoms with Gasteiger partial charge in [0.2, 0.25) is 5.91 Å². The number of carbonyl (C=O) groups excluding carboxylic acids is 1. The van der Waals surface area contributed by atoms with Crippen LogP contribution in [-0.4, -0.2) is 5.91 Å². The fraction of sp³-hybridized carbons (Fsp3) is 0.800. The molecule has 0 aliphatic carbocycles. The zero-order chi connectivity index (χ0) is 13.4. The third kappa shape index (κ3) is 25.5. The van der Waals surface area contributed by atoms with Gasteiger partial charge in [-0.15, -0.1) is 6.58 Å². The maximum Gasteiger partial charge on any atom is 0.217 e. The average molecular weight is 241 g/mol. The standard InChI is InChI=1S/C12H25NO.C3H6/c1-2-3-4-5-6-7-8-9-10-11-12(13)14;1-3-2/h2-11H2,1H3,(H2,13,14);3H,1H2,2H3. The van der Waals surface area contributed by atoms with E-state index >= 15 is 0 Å². The fourth-order valence-electron chi connectivity index (χ4n) is 1.61. The van der Waals surface area contributed by atoms with Gasteiger partial charge in [-0.2, -0.15) is 0 Å². The molecule has 0 heterocycles. The molecule has 0 aromatic carbocycles. The van der Waals surface area contributed by atoms with Crippen molar-refractivity contribution in [1.29, 1.82) is 0 Å². The lowest BCUT2D eigenvalue weighted by atomic mass is 10.1. The highest BCUT2D eigenvalue weighted by Gasteiger charge is 1.94. The van der Waals surface area contributed by atoms with E-state index in [-0.39, 0.29) is 5.91 Å². The molecule has 2 nitrogen and oxygen atoms in total. The summed E-state index contributed by atoms with van der Waals surface area (Å²) >= 11 is 0. The summed E-state index contributed by atoms with van der Waals surface area (Å²) in [7, 11) is 0. The van der Waals surface area contributed by atoms with Crippen molar-refractivity contribution in [2.45, 2.75) is 78.1 Å². The summed E-state index contributed by atoms with van der Waals surface area (Å²) in [4.78, 5) is 10.4. The molecule has 102 valence electrons. The Morgan fingerprint density at radius 1 is 1.00 bits per heavy atom. The van der Waals surface area contributed by atoms with E-state index in [4.69, 9.17) is 5.73 Å². The van der Waals surface area contributed by atoms with Gasteiger partial charge in [0, 0.05) is 6.42 Å². The molecule has 0 saturated heterocycles. The highest BCUT2D eigenvalue weighted by molar-refractivity contribution is 5.73. The summed E-state index contributed by atoms with van der Waals surface area (Å²) in [6.07, 6.45) is 13.9. The maximum absolute atomic E-state index is 10.4. The number of hydrogen-bond acceptors (Lipinski definition) is 1. The molecule has 0 unspecified atom stereocenters. The molecule has 0 spiro atoms. The molecule has 17 heavy (non-hydrogen) atoms. The van der Waals surface area contributed by atoms with Crippen LogP contribution in [0.25, 0.3) is 0 Å². The minimum Gasteiger partial charge on any atom is -0.370 e. The molecule has 0 radical (unpaired) electrons. The second kappa shape index (κ2) is 17.6. The van der Waals surface area contributed by atoms with Gasteiger partial charge in [0.1, 0.15) is 0 Å². The van der Waals surface area contributed by atoms with Crippen molar-refractivity contribution >= 4 is 5.91 Å². The topological polar surface area (TPSA) is 43.1 Å². The smallest absolute Gasteiger partial charge is 0.217 e. The zero-order valence-electron chi connectivity index (χ0n) is 11.8. The molecule has 2 heteroatoms. The van der Waals surface area contributed by atoms with Crippen LogP contribution in [0.4, 0.5) is 0 Å². The van der Waals surface area contributed by atoms with Gasteiger partial charge in [0.15, 0.2) is 0 Å². The van der Waals surface area contributed by atoms with E-state index in [1.165, 1.54) is 44.9 Å². The van der Waals surface area contributed by atoms with Crippen molar-refractivity contribution in [3.8, 4) is 0 Å². The van der Waals surface area contributed by atoms with E-state index in [2.05, 4.69) is 13.5 Å². The minimum absolute atomic E-state index is 0.159. The lowest BCUT2D eigenvalue weighted by Crippen LogP contribution is -2.09. The second-order valence-corrected chi connectivity index (χ2v) is 4.45. The largest absolute Gasteiger partial charge is 0.370 e. The molecule has 2 N–H and O–H groups in total. The quantitative estimate of drug-likeness (QED) is 0.441. The molecule has 0 aromatic heterocycles. The van der Waals surface area contributed by atoms with Crippen LogP contribution in [0, 0.1) is 0 Å². The monoisotopic (exact) mass is 241 g/mol. The summed E-state index contributed by atoms with van der Waals surface area (Å²) in [6.45, 7) is 7.49. The van der Waals surface area contributed by atoms with Crippen LogP contribution in [-0.2, 0) is 4.79 Å². The molecule has 0 saturated carbocycles. The van der Waals surface area contributed by atoms with E-state index in [9.17, 15) is 4.79 Å². The number of nitrogens with two attached hydrogens (primary N) is 1. The second-order valence-electron chi connectivity index (χ2n) is 4.45. The van der Waals surface area contributed by atoms with Gasteiger partial charge in [-0.3, -0.25) is 4.79 Å². The predicted molar refractivity (Wildman–Crippen MR) is 76.9 cm³/mol. The predicted octanol–water partition coefficient (Wildman–Crippen LogP) is 4.58. The number of hydrogen-bond donors (Lipinski definition) is 1. The van der Waals surface area contributed by atoms with Crippen LogP contribution in [0.1, 0.15) is 78.1 Å². The van der Waals surface area contributed by atoms with Gasteiger partial charge in [-0.1, -0.05) is 64.4 Å². The Morgan fingerprint density at radius 3 is 1.71 bits per heavy atom. The van der Waals surface area contributed by atoms with Crippen molar-refractivity contribution in [3.05, 3.63) is 12.7 Å². The molecule has 0 fully saturated rings. The summed E-state index contributed by atoms with van der Waals surface area (Å²) in [5.74, 6) is -0.159. The van der Waals surface area contributed by atoms with E-state index < -0.39 is 0 Å². The molecule has 0 atom stereocenters. The van der Waals surface area contributed by atoms with Crippen molar-refractivity contribution in [2.24, 2.45) is 5.73 Å². The Labute approximate surface area is 108 Å². The first-order valence-electron chi connectivity index (χ1n) is 7.04. The van der Waals surface area contributed by atoms with Crippen molar-refractivity contribution in [1.82, 2.24) is 0 Å². The van der Waals surface area contributed by atoms with Crippen LogP contribution in [0.5, 0.6) is 0 Å². The Hall–Kier alpha value is -0.790. The first-order chi connectivity index (χ1) is 8.18. The first-order valence-corrected chi connectivity index (χ1v) is 7.04. The summed E-state index contributed by atoms with van der Waals surface area (Å²) < 4.78 is 0. The van der Waals surface area contributed by atoms with E-state index in [0.29, 0.717) is 6.42 Å². The zero-order valence-corrected chi connectivity index (χ0v) is 11.8. The first kappa shape index (κ1) is 18.6. The molecular weight excluding hydrogens is 210 g/mol. The Balaban J connectivity index is 0. The van der Waals surface area contributed by atoms with Crippen molar-refractivity contribution < 1.29 is 4.79 Å². The lowest BCUT2D eigenvalue weighted by Gasteiger charge is -2.00. The van der Waals surface area contributed by atoms with Gasteiger partial charge in [0.05, 0.1) is 0 Å². The van der Waals surface area contributed by atoms with Crippen molar-refractivity contribution in [2.75, 3.05) is 0 Å². The summed E-state index contributed by atoms with van der Waals surface area (Å²) in [6, 6.07) is 0. The number of allylic oxidation sites excluding steroid dienone is 1. The van der Waals surface area contributed by atoms with Crippen LogP contribution in [0.2, 0.25) is 0 Å². The Morgan fingerprint density at radius 2 is 1.35 bits per heavy atom. The molecule has 0 aliphatic heterocycles. The third-order valence-electron chi connectivity index (χ3n) is 2.53. The van der Waals surface area contributed by atoms with Crippen LogP contribution in [0.3, 0.4) is 0 Å². The number of rotatable bonds is 10. The number of primary amides is 1. The molecule has 0 aromatic rings. The van der Waals surface area contributed by atoms with Crippen LogP contribution in [0.15, 0.2) is 12.7 Å². The number of amides is 1. The normalized spacial score (nSPS) is 9.29. The minimum atomic E-state index is -0.159. The van der Waals surface area contributed by atoms with Gasteiger partial charge < -0.3 is 5.73 Å². The van der Waals surface area contributed by atoms with Crippen LogP contribution >= 0.6 is 0 Å². The highest BCUT2D eigenvalue weighted by Crippen LogP contribution is 2.10. The highest BCUT2D eigenvalue weighted by atomic mass is 16.1. The van der Waals surface area contributed by atoms with Gasteiger partial charge in [0.25, 0.3) is 0 Å². The number of unbranched alkanes of at least 4 members (excludes halogenated alkanes) is 8. The summed E-state index contributed by atoms with van der Waals surface area (Å²) in [5, 5.41) is 0. The van der Waals surface area contributed by atoms with Gasteiger partial charge in [-0.25, -0.2) is 0 Å². The third-order valence-corrected chi connectivity index (χ3v) is 2.53. The lowest BCUT2D eigenvalue weighted by molar-refractivity contribution is -0.118. The Kier molecular flexibility index (Phi) is 19.2. The molecule has 0 rings (SSSR count). The maximum atomic E-state index is 10.4. The molecule has 1 amide bonds. The Bertz CT molecular complexity index is 166. The van der Waals surface area contributed by atoms with Gasteiger partial charge in [-0.05, 0) is 13.3 Å². The van der Waals surface area contributed by atoms with E-state index in [0.717, 1.165) is 12.8 Å². The van der Waals surface area contributed by atoms with Crippen molar-refractivity contribution in [3.63, 3.8) is 0 Å². The molecular formula is C15H31NO. The molecule has 0 aliphatic rings. The fourth-order valence-corrected chi connectivity index (χ4v) is 1.61. The average Bonchev–Trinajstić information content (AvgIpc) is 2.27. The SMILES string of the molecule is C=CC.CCCCCCCCCCCC(N)=O. The van der Waals surface area contributed by atoms with E-state index in [1.54, 1.807) is 6.08 Å².